The minimum Gasteiger partial charge on any atom is -0.0809 e. The van der Waals surface area contributed by atoms with Crippen LogP contribution < -0.4 is 0 Å². The SMILES string of the molecule is CC.CCCCC1C=C(C)C=CC1C. The van der Waals surface area contributed by atoms with Gasteiger partial charge in [0.05, 0.1) is 0 Å². The largest absolute Gasteiger partial charge is 0.0809 e. The molecule has 0 spiro atoms. The molecule has 1 aliphatic carbocycles. The zero-order valence-corrected chi connectivity index (χ0v) is 10.5. The Morgan fingerprint density at radius 3 is 2.50 bits per heavy atom. The van der Waals surface area contributed by atoms with Gasteiger partial charge >= 0.3 is 0 Å². The lowest BCUT2D eigenvalue weighted by Gasteiger charge is -2.21. The van der Waals surface area contributed by atoms with Crippen LogP contribution in [0.25, 0.3) is 0 Å². The maximum Gasteiger partial charge on any atom is -0.0167 e. The van der Waals surface area contributed by atoms with Crippen molar-refractivity contribution in [3.63, 3.8) is 0 Å². The second-order valence-electron chi connectivity index (χ2n) is 3.94. The van der Waals surface area contributed by atoms with Crippen LogP contribution in [-0.2, 0) is 0 Å². The Morgan fingerprint density at radius 2 is 1.93 bits per heavy atom. The van der Waals surface area contributed by atoms with Crippen molar-refractivity contribution < 1.29 is 0 Å². The molecule has 0 radical (unpaired) electrons. The summed E-state index contributed by atoms with van der Waals surface area (Å²) in [6.45, 7) is 10.8. The molecule has 0 heterocycles. The van der Waals surface area contributed by atoms with Crippen LogP contribution in [-0.4, -0.2) is 0 Å². The van der Waals surface area contributed by atoms with E-state index >= 15 is 0 Å². The third-order valence-corrected chi connectivity index (χ3v) is 2.71. The molecule has 0 bridgehead atoms. The zero-order valence-electron chi connectivity index (χ0n) is 10.5. The number of hydrogen-bond donors (Lipinski definition) is 0. The average Bonchev–Trinajstić information content (AvgIpc) is 2.22. The molecule has 1 aliphatic rings. The highest BCUT2D eigenvalue weighted by Crippen LogP contribution is 2.26. The standard InChI is InChI=1S/C12H20.C2H6/c1-4-5-6-12-9-10(2)7-8-11(12)3;1-2/h7-9,11-12H,4-6H2,1-3H3;1-2H3. The molecule has 2 unspecified atom stereocenters. The van der Waals surface area contributed by atoms with Gasteiger partial charge in [-0.05, 0) is 25.2 Å². The number of allylic oxidation sites excluding steroid dienone is 4. The van der Waals surface area contributed by atoms with E-state index in [1.54, 1.807) is 0 Å². The summed E-state index contributed by atoms with van der Waals surface area (Å²) in [4.78, 5) is 0. The molecular weight excluding hydrogens is 168 g/mol. The molecule has 0 aromatic carbocycles. The summed E-state index contributed by atoms with van der Waals surface area (Å²) in [6, 6.07) is 0. The minimum atomic E-state index is 0.750. The minimum absolute atomic E-state index is 0.750. The highest BCUT2D eigenvalue weighted by molar-refractivity contribution is 5.23. The summed E-state index contributed by atoms with van der Waals surface area (Å²) in [5.74, 6) is 1.55. The first-order chi connectivity index (χ1) is 6.74. The predicted molar refractivity (Wildman–Crippen MR) is 66.4 cm³/mol. The van der Waals surface area contributed by atoms with Crippen LogP contribution in [0.3, 0.4) is 0 Å². The fourth-order valence-electron chi connectivity index (χ4n) is 1.78. The van der Waals surface area contributed by atoms with Crippen LogP contribution in [0.4, 0.5) is 0 Å². The van der Waals surface area contributed by atoms with Crippen LogP contribution in [0.2, 0.25) is 0 Å². The molecule has 0 aromatic rings. The lowest BCUT2D eigenvalue weighted by Crippen LogP contribution is -2.10. The van der Waals surface area contributed by atoms with Gasteiger partial charge in [0.25, 0.3) is 0 Å². The van der Waals surface area contributed by atoms with Gasteiger partial charge in [0.15, 0.2) is 0 Å². The van der Waals surface area contributed by atoms with E-state index in [0.29, 0.717) is 0 Å². The Bertz CT molecular complexity index is 186. The molecule has 0 aliphatic heterocycles. The van der Waals surface area contributed by atoms with Gasteiger partial charge in [0.2, 0.25) is 0 Å². The average molecular weight is 194 g/mol. The summed E-state index contributed by atoms with van der Waals surface area (Å²) in [5, 5.41) is 0. The Morgan fingerprint density at radius 1 is 1.29 bits per heavy atom. The Balaban J connectivity index is 0.000000791. The van der Waals surface area contributed by atoms with E-state index in [1.807, 2.05) is 13.8 Å². The first-order valence-corrected chi connectivity index (χ1v) is 6.10. The first-order valence-electron chi connectivity index (χ1n) is 6.10. The molecule has 82 valence electrons. The summed E-state index contributed by atoms with van der Waals surface area (Å²) in [5.41, 5.74) is 1.44. The normalized spacial score (nSPS) is 25.1. The maximum atomic E-state index is 2.43. The van der Waals surface area contributed by atoms with Crippen molar-refractivity contribution in [1.82, 2.24) is 0 Å². The fourth-order valence-corrected chi connectivity index (χ4v) is 1.78. The molecule has 0 aromatic heterocycles. The van der Waals surface area contributed by atoms with Gasteiger partial charge in [-0.1, -0.05) is 64.3 Å². The molecule has 1 rings (SSSR count). The van der Waals surface area contributed by atoms with E-state index < -0.39 is 0 Å². The van der Waals surface area contributed by atoms with E-state index in [0.717, 1.165) is 11.8 Å². The summed E-state index contributed by atoms with van der Waals surface area (Å²) in [6.07, 6.45) is 11.1. The van der Waals surface area contributed by atoms with Crippen molar-refractivity contribution in [2.45, 2.75) is 53.9 Å². The van der Waals surface area contributed by atoms with Crippen molar-refractivity contribution in [3.05, 3.63) is 23.8 Å². The van der Waals surface area contributed by atoms with Crippen molar-refractivity contribution in [3.8, 4) is 0 Å². The van der Waals surface area contributed by atoms with Crippen LogP contribution >= 0.6 is 0 Å². The zero-order chi connectivity index (χ0) is 11.0. The predicted octanol–water partition coefficient (Wildman–Crippen LogP) is 4.97. The maximum absolute atomic E-state index is 2.43. The van der Waals surface area contributed by atoms with Crippen molar-refractivity contribution in [2.75, 3.05) is 0 Å². The molecular formula is C14H26. The number of rotatable bonds is 3. The smallest absolute Gasteiger partial charge is 0.0167 e. The summed E-state index contributed by atoms with van der Waals surface area (Å²) in [7, 11) is 0. The monoisotopic (exact) mass is 194 g/mol. The van der Waals surface area contributed by atoms with Crippen molar-refractivity contribution >= 4 is 0 Å². The van der Waals surface area contributed by atoms with E-state index in [1.165, 1.54) is 24.8 Å². The number of hydrogen-bond acceptors (Lipinski definition) is 0. The Kier molecular flexibility index (Phi) is 7.55. The topological polar surface area (TPSA) is 0 Å². The molecule has 0 heteroatoms. The second kappa shape index (κ2) is 7.84. The van der Waals surface area contributed by atoms with Gasteiger partial charge in [-0.3, -0.25) is 0 Å². The fraction of sp³-hybridized carbons (Fsp3) is 0.714. The molecule has 0 amide bonds. The van der Waals surface area contributed by atoms with Crippen molar-refractivity contribution in [1.29, 1.82) is 0 Å². The van der Waals surface area contributed by atoms with Gasteiger partial charge in [-0.15, -0.1) is 0 Å². The van der Waals surface area contributed by atoms with E-state index in [9.17, 15) is 0 Å². The Labute approximate surface area is 90.1 Å². The Hall–Kier alpha value is -0.520. The third kappa shape index (κ3) is 4.64. The van der Waals surface area contributed by atoms with E-state index in [-0.39, 0.29) is 0 Å². The van der Waals surface area contributed by atoms with Gasteiger partial charge in [-0.25, -0.2) is 0 Å². The molecule has 0 saturated carbocycles. The highest BCUT2D eigenvalue weighted by atomic mass is 14.2. The third-order valence-electron chi connectivity index (χ3n) is 2.71. The van der Waals surface area contributed by atoms with Crippen molar-refractivity contribution in [2.24, 2.45) is 11.8 Å². The second-order valence-corrected chi connectivity index (χ2v) is 3.94. The molecule has 2 atom stereocenters. The van der Waals surface area contributed by atoms with Gasteiger partial charge in [-0.2, -0.15) is 0 Å². The van der Waals surface area contributed by atoms with Crippen LogP contribution in [0.5, 0.6) is 0 Å². The summed E-state index contributed by atoms with van der Waals surface area (Å²) < 4.78 is 0. The lowest BCUT2D eigenvalue weighted by atomic mass is 9.84. The molecule has 14 heavy (non-hydrogen) atoms. The lowest BCUT2D eigenvalue weighted by molar-refractivity contribution is 0.451. The molecule has 0 fully saturated rings. The summed E-state index contributed by atoms with van der Waals surface area (Å²) >= 11 is 0. The molecule has 0 nitrogen and oxygen atoms in total. The van der Waals surface area contributed by atoms with Gasteiger partial charge < -0.3 is 0 Å². The first kappa shape index (κ1) is 13.5. The molecule has 0 N–H and O–H groups in total. The van der Waals surface area contributed by atoms with Gasteiger partial charge in [0, 0.05) is 0 Å². The van der Waals surface area contributed by atoms with Gasteiger partial charge in [0.1, 0.15) is 0 Å². The van der Waals surface area contributed by atoms with Crippen LogP contribution in [0, 0.1) is 11.8 Å². The van der Waals surface area contributed by atoms with E-state index in [4.69, 9.17) is 0 Å². The number of unbranched alkanes of at least 4 members (excludes halogenated alkanes) is 1. The highest BCUT2D eigenvalue weighted by Gasteiger charge is 2.14. The van der Waals surface area contributed by atoms with Crippen LogP contribution in [0.1, 0.15) is 53.9 Å². The van der Waals surface area contributed by atoms with E-state index in [2.05, 4.69) is 39.0 Å². The molecule has 0 saturated heterocycles. The van der Waals surface area contributed by atoms with Crippen LogP contribution in [0.15, 0.2) is 23.8 Å². The quantitative estimate of drug-likeness (QED) is 0.595.